The maximum absolute atomic E-state index is 8.99. The minimum atomic E-state index is 0.302. The van der Waals surface area contributed by atoms with Crippen LogP contribution in [0.5, 0.6) is 0 Å². The molecule has 2 N–H and O–H groups in total. The van der Waals surface area contributed by atoms with Crippen LogP contribution in [0.15, 0.2) is 30.3 Å². The van der Waals surface area contributed by atoms with Gasteiger partial charge in [-0.1, -0.05) is 30.3 Å². The van der Waals surface area contributed by atoms with E-state index in [1.165, 1.54) is 5.56 Å². The van der Waals surface area contributed by atoms with Gasteiger partial charge in [0.15, 0.2) is 0 Å². The number of benzene rings is 1. The highest BCUT2D eigenvalue weighted by molar-refractivity contribution is 5.19. The number of hydrogen-bond acceptors (Lipinski definition) is 2. The zero-order valence-corrected chi connectivity index (χ0v) is 7.61. The highest BCUT2D eigenvalue weighted by Gasteiger charge is 2.23. The molecule has 0 saturated carbocycles. The van der Waals surface area contributed by atoms with Crippen LogP contribution in [-0.4, -0.2) is 18.3 Å². The fraction of sp³-hybridized carbons (Fsp3) is 0.455. The summed E-state index contributed by atoms with van der Waals surface area (Å²) in [6.45, 7) is 1.24. The summed E-state index contributed by atoms with van der Waals surface area (Å²) in [7, 11) is 0. The summed E-state index contributed by atoms with van der Waals surface area (Å²) in [4.78, 5) is 0. The molecule has 2 rings (SSSR count). The minimum Gasteiger partial charge on any atom is -0.396 e. The van der Waals surface area contributed by atoms with Crippen LogP contribution in [-0.2, 0) is 0 Å². The molecule has 1 aromatic carbocycles. The molecule has 2 nitrogen and oxygen atoms in total. The van der Waals surface area contributed by atoms with Crippen LogP contribution in [0.4, 0.5) is 0 Å². The molecule has 0 radical (unpaired) electrons. The van der Waals surface area contributed by atoms with E-state index in [0.29, 0.717) is 18.6 Å². The number of aliphatic hydroxyl groups is 1. The van der Waals surface area contributed by atoms with E-state index in [1.54, 1.807) is 0 Å². The maximum atomic E-state index is 8.99. The summed E-state index contributed by atoms with van der Waals surface area (Å²) in [6.07, 6.45) is 1.06. The van der Waals surface area contributed by atoms with E-state index in [0.717, 1.165) is 13.0 Å². The van der Waals surface area contributed by atoms with Crippen molar-refractivity contribution in [3.05, 3.63) is 35.9 Å². The largest absolute Gasteiger partial charge is 0.396 e. The second-order valence-electron chi connectivity index (χ2n) is 3.66. The number of rotatable bonds is 2. The van der Waals surface area contributed by atoms with Crippen molar-refractivity contribution in [2.45, 2.75) is 12.5 Å². The molecule has 0 unspecified atom stereocenters. The summed E-state index contributed by atoms with van der Waals surface area (Å²) in [5.41, 5.74) is 1.33. The van der Waals surface area contributed by atoms with Gasteiger partial charge in [0.2, 0.25) is 0 Å². The van der Waals surface area contributed by atoms with Gasteiger partial charge in [-0.05, 0) is 17.9 Å². The smallest absolute Gasteiger partial charge is 0.0472 e. The summed E-state index contributed by atoms with van der Waals surface area (Å²) in [6, 6.07) is 10.9. The molecular weight excluding hydrogens is 162 g/mol. The molecule has 1 heterocycles. The maximum Gasteiger partial charge on any atom is 0.0472 e. The van der Waals surface area contributed by atoms with Gasteiger partial charge in [0.1, 0.15) is 0 Å². The zero-order valence-electron chi connectivity index (χ0n) is 7.61. The predicted molar refractivity (Wildman–Crippen MR) is 52.4 cm³/mol. The van der Waals surface area contributed by atoms with Crippen LogP contribution in [0.2, 0.25) is 0 Å². The molecule has 0 aromatic heterocycles. The molecule has 2 heteroatoms. The topological polar surface area (TPSA) is 32.3 Å². The SMILES string of the molecule is OC[C@@H]1CN[C@@H](c2ccccc2)C1. The molecule has 0 aliphatic carbocycles. The Kier molecular flexibility index (Phi) is 2.62. The Bertz CT molecular complexity index is 260. The Morgan fingerprint density at radius 3 is 2.69 bits per heavy atom. The van der Waals surface area contributed by atoms with Gasteiger partial charge in [0.25, 0.3) is 0 Å². The number of nitrogens with one attached hydrogen (secondary N) is 1. The third kappa shape index (κ3) is 1.90. The second-order valence-corrected chi connectivity index (χ2v) is 3.66. The van der Waals surface area contributed by atoms with Crippen molar-refractivity contribution in [2.75, 3.05) is 13.2 Å². The average Bonchev–Trinajstić information content (AvgIpc) is 2.67. The van der Waals surface area contributed by atoms with Crippen LogP contribution in [0.1, 0.15) is 18.0 Å². The first kappa shape index (κ1) is 8.73. The van der Waals surface area contributed by atoms with E-state index < -0.39 is 0 Å². The Labute approximate surface area is 78.6 Å². The molecule has 0 bridgehead atoms. The Balaban J connectivity index is 2.04. The average molecular weight is 177 g/mol. The van der Waals surface area contributed by atoms with Crippen molar-refractivity contribution in [1.29, 1.82) is 0 Å². The first-order chi connectivity index (χ1) is 6.40. The Morgan fingerprint density at radius 1 is 1.31 bits per heavy atom. The molecule has 1 aromatic rings. The fourth-order valence-corrected chi connectivity index (χ4v) is 1.89. The van der Waals surface area contributed by atoms with Crippen LogP contribution in [0.25, 0.3) is 0 Å². The summed E-state index contributed by atoms with van der Waals surface area (Å²) in [5.74, 6) is 0.435. The van der Waals surface area contributed by atoms with E-state index in [4.69, 9.17) is 5.11 Å². The van der Waals surface area contributed by atoms with E-state index in [-0.39, 0.29) is 0 Å². The van der Waals surface area contributed by atoms with Gasteiger partial charge in [-0.15, -0.1) is 0 Å². The van der Waals surface area contributed by atoms with Crippen LogP contribution in [0.3, 0.4) is 0 Å². The normalized spacial score (nSPS) is 27.8. The van der Waals surface area contributed by atoms with Crippen molar-refractivity contribution >= 4 is 0 Å². The minimum absolute atomic E-state index is 0.302. The molecule has 1 aliphatic rings. The lowest BCUT2D eigenvalue weighted by Gasteiger charge is -2.09. The third-order valence-electron chi connectivity index (χ3n) is 2.68. The van der Waals surface area contributed by atoms with Crippen molar-refractivity contribution in [3.63, 3.8) is 0 Å². The summed E-state index contributed by atoms with van der Waals surface area (Å²) in [5, 5.41) is 12.4. The van der Waals surface area contributed by atoms with Gasteiger partial charge in [-0.25, -0.2) is 0 Å². The van der Waals surface area contributed by atoms with Gasteiger partial charge in [-0.3, -0.25) is 0 Å². The molecule has 70 valence electrons. The summed E-state index contributed by atoms with van der Waals surface area (Å²) >= 11 is 0. The molecule has 2 atom stereocenters. The van der Waals surface area contributed by atoms with Crippen LogP contribution in [0, 0.1) is 5.92 Å². The quantitative estimate of drug-likeness (QED) is 0.714. The van der Waals surface area contributed by atoms with Crippen molar-refractivity contribution < 1.29 is 5.11 Å². The molecule has 13 heavy (non-hydrogen) atoms. The van der Waals surface area contributed by atoms with Gasteiger partial charge >= 0.3 is 0 Å². The lowest BCUT2D eigenvalue weighted by atomic mass is 10.0. The second kappa shape index (κ2) is 3.90. The number of hydrogen-bond donors (Lipinski definition) is 2. The Morgan fingerprint density at radius 2 is 2.08 bits per heavy atom. The molecular formula is C11H15NO. The molecule has 1 fully saturated rings. The first-order valence-electron chi connectivity index (χ1n) is 4.79. The zero-order chi connectivity index (χ0) is 9.10. The molecule has 1 saturated heterocycles. The van der Waals surface area contributed by atoms with E-state index in [2.05, 4.69) is 29.6 Å². The standard InChI is InChI=1S/C11H15NO/c13-8-9-6-11(12-7-9)10-4-2-1-3-5-10/h1-5,9,11-13H,6-8H2/t9-,11+/m0/s1. The fourth-order valence-electron chi connectivity index (χ4n) is 1.89. The van der Waals surface area contributed by atoms with E-state index >= 15 is 0 Å². The van der Waals surface area contributed by atoms with Gasteiger partial charge in [0.05, 0.1) is 0 Å². The van der Waals surface area contributed by atoms with Crippen molar-refractivity contribution in [1.82, 2.24) is 5.32 Å². The lowest BCUT2D eigenvalue weighted by Crippen LogP contribution is -2.14. The monoisotopic (exact) mass is 177 g/mol. The third-order valence-corrected chi connectivity index (χ3v) is 2.68. The van der Waals surface area contributed by atoms with Gasteiger partial charge in [-0.2, -0.15) is 0 Å². The van der Waals surface area contributed by atoms with Gasteiger partial charge < -0.3 is 10.4 Å². The lowest BCUT2D eigenvalue weighted by molar-refractivity contribution is 0.236. The Hall–Kier alpha value is -0.860. The molecule has 0 spiro atoms. The van der Waals surface area contributed by atoms with Crippen LogP contribution >= 0.6 is 0 Å². The van der Waals surface area contributed by atoms with E-state index in [1.807, 2.05) is 6.07 Å². The number of aliphatic hydroxyl groups excluding tert-OH is 1. The van der Waals surface area contributed by atoms with Crippen LogP contribution < -0.4 is 5.32 Å². The predicted octanol–water partition coefficient (Wildman–Crippen LogP) is 1.33. The van der Waals surface area contributed by atoms with Crippen molar-refractivity contribution in [3.8, 4) is 0 Å². The highest BCUT2D eigenvalue weighted by Crippen LogP contribution is 2.26. The van der Waals surface area contributed by atoms with E-state index in [9.17, 15) is 0 Å². The first-order valence-corrected chi connectivity index (χ1v) is 4.79. The molecule has 0 amide bonds. The molecule has 1 aliphatic heterocycles. The van der Waals surface area contributed by atoms with Gasteiger partial charge in [0, 0.05) is 19.2 Å². The summed E-state index contributed by atoms with van der Waals surface area (Å²) < 4.78 is 0. The highest BCUT2D eigenvalue weighted by atomic mass is 16.3. The van der Waals surface area contributed by atoms with Crippen molar-refractivity contribution in [2.24, 2.45) is 5.92 Å².